The number of nitrogens with zero attached hydrogens (tertiary/aromatic N) is 1. The van der Waals surface area contributed by atoms with Crippen LogP contribution < -0.4 is 4.74 Å². The number of alkyl halides is 3. The fourth-order valence-electron chi connectivity index (χ4n) is 3.21. The number of halogens is 3. The molecule has 1 N–H and O–H groups in total. The highest BCUT2D eigenvalue weighted by molar-refractivity contribution is 6.03. The molecule has 3 aromatic carbocycles. The van der Waals surface area contributed by atoms with Crippen LogP contribution in [-0.2, 0) is 0 Å². The van der Waals surface area contributed by atoms with Crippen LogP contribution in [0, 0.1) is 0 Å². The number of fused-ring (bicyclic) bond motifs is 1. The van der Waals surface area contributed by atoms with Crippen molar-refractivity contribution < 1.29 is 27.8 Å². The minimum atomic E-state index is -4.76. The van der Waals surface area contributed by atoms with Crippen LogP contribution in [0.1, 0.15) is 10.4 Å². The number of rotatable bonds is 4. The van der Waals surface area contributed by atoms with Crippen molar-refractivity contribution >= 4 is 16.9 Å². The Hall–Kier alpha value is -3.87. The first kappa shape index (κ1) is 19.4. The van der Waals surface area contributed by atoms with Crippen molar-refractivity contribution in [1.29, 1.82) is 0 Å². The molecule has 0 spiro atoms. The van der Waals surface area contributed by atoms with Crippen molar-refractivity contribution in [3.05, 3.63) is 84.4 Å². The van der Waals surface area contributed by atoms with Crippen LogP contribution in [0.2, 0.25) is 0 Å². The molecule has 30 heavy (non-hydrogen) atoms. The molecular weight excluding hydrogens is 395 g/mol. The molecule has 0 amide bonds. The second-order valence-corrected chi connectivity index (χ2v) is 6.53. The first-order chi connectivity index (χ1) is 14.3. The molecule has 0 atom stereocenters. The summed E-state index contributed by atoms with van der Waals surface area (Å²) < 4.78 is 41.3. The summed E-state index contributed by atoms with van der Waals surface area (Å²) in [6.07, 6.45) is -4.76. The van der Waals surface area contributed by atoms with Gasteiger partial charge in [0.15, 0.2) is 0 Å². The second kappa shape index (κ2) is 7.51. The van der Waals surface area contributed by atoms with Gasteiger partial charge in [0.2, 0.25) is 0 Å². The average Bonchev–Trinajstić information content (AvgIpc) is 2.72. The number of aromatic nitrogens is 1. The Kier molecular flexibility index (Phi) is 4.87. The number of aromatic carboxylic acids is 1. The van der Waals surface area contributed by atoms with Crippen molar-refractivity contribution in [3.63, 3.8) is 0 Å². The van der Waals surface area contributed by atoms with Gasteiger partial charge in [-0.15, -0.1) is 13.2 Å². The fourth-order valence-corrected chi connectivity index (χ4v) is 3.21. The maximum Gasteiger partial charge on any atom is 0.573 e. The SMILES string of the molecule is O=C(O)c1cc(-c2ccc(-c3cccc(OC(F)(F)F)c3)cc2)nc2ccccc12. The van der Waals surface area contributed by atoms with E-state index in [0.717, 1.165) is 0 Å². The number of carbonyl (C=O) groups is 1. The summed E-state index contributed by atoms with van der Waals surface area (Å²) in [5, 5.41) is 10.1. The van der Waals surface area contributed by atoms with Crippen molar-refractivity contribution in [2.45, 2.75) is 6.36 Å². The lowest BCUT2D eigenvalue weighted by Crippen LogP contribution is -2.17. The van der Waals surface area contributed by atoms with Gasteiger partial charge in [0.1, 0.15) is 5.75 Å². The maximum absolute atomic E-state index is 12.4. The largest absolute Gasteiger partial charge is 0.573 e. The van der Waals surface area contributed by atoms with Crippen LogP contribution in [0.25, 0.3) is 33.3 Å². The number of carboxylic acid groups (broad SMARTS) is 1. The smallest absolute Gasteiger partial charge is 0.478 e. The molecule has 0 radical (unpaired) electrons. The first-order valence-electron chi connectivity index (χ1n) is 8.90. The summed E-state index contributed by atoms with van der Waals surface area (Å²) in [4.78, 5) is 16.2. The molecule has 7 heteroatoms. The molecule has 0 aliphatic rings. The van der Waals surface area contributed by atoms with Crippen LogP contribution in [0.3, 0.4) is 0 Å². The van der Waals surface area contributed by atoms with Gasteiger partial charge in [-0.1, -0.05) is 54.6 Å². The molecule has 4 aromatic rings. The third-order valence-electron chi connectivity index (χ3n) is 4.53. The van der Waals surface area contributed by atoms with Gasteiger partial charge < -0.3 is 9.84 Å². The number of ether oxygens (including phenoxy) is 1. The van der Waals surface area contributed by atoms with Crippen LogP contribution in [0.15, 0.2) is 78.9 Å². The van der Waals surface area contributed by atoms with E-state index in [9.17, 15) is 23.1 Å². The van der Waals surface area contributed by atoms with Crippen LogP contribution in [-0.4, -0.2) is 22.4 Å². The van der Waals surface area contributed by atoms with Gasteiger partial charge in [0.05, 0.1) is 16.8 Å². The molecule has 0 saturated carbocycles. The van der Waals surface area contributed by atoms with Crippen molar-refractivity contribution in [2.75, 3.05) is 0 Å². The highest BCUT2D eigenvalue weighted by atomic mass is 19.4. The predicted octanol–water partition coefficient (Wildman–Crippen LogP) is 6.17. The van der Waals surface area contributed by atoms with E-state index in [-0.39, 0.29) is 11.3 Å². The van der Waals surface area contributed by atoms with Crippen LogP contribution in [0.4, 0.5) is 13.2 Å². The molecule has 1 heterocycles. The molecule has 0 fully saturated rings. The lowest BCUT2D eigenvalue weighted by atomic mass is 10.0. The molecule has 0 aliphatic heterocycles. The van der Waals surface area contributed by atoms with E-state index in [1.54, 1.807) is 54.6 Å². The number of pyridine rings is 1. The standard InChI is InChI=1S/C23H14F3NO3/c24-23(25,26)30-17-5-3-4-16(12-17)14-8-10-15(11-9-14)21-13-19(22(28)29)18-6-1-2-7-20(18)27-21/h1-13H,(H,28,29). The van der Waals surface area contributed by atoms with Gasteiger partial charge in [-0.25, -0.2) is 9.78 Å². The van der Waals surface area contributed by atoms with Gasteiger partial charge in [-0.2, -0.15) is 0 Å². The lowest BCUT2D eigenvalue weighted by molar-refractivity contribution is -0.274. The third-order valence-corrected chi connectivity index (χ3v) is 4.53. The Morgan fingerprint density at radius 1 is 0.833 bits per heavy atom. The summed E-state index contributed by atoms with van der Waals surface area (Å²) in [6.45, 7) is 0. The molecule has 1 aromatic heterocycles. The van der Waals surface area contributed by atoms with E-state index in [4.69, 9.17) is 0 Å². The van der Waals surface area contributed by atoms with E-state index in [2.05, 4.69) is 9.72 Å². The van der Waals surface area contributed by atoms with E-state index in [1.807, 2.05) is 0 Å². The Bertz CT molecular complexity index is 1230. The molecule has 0 bridgehead atoms. The minimum absolute atomic E-state index is 0.150. The zero-order valence-electron chi connectivity index (χ0n) is 15.4. The molecule has 150 valence electrons. The van der Waals surface area contributed by atoms with E-state index >= 15 is 0 Å². The lowest BCUT2D eigenvalue weighted by Gasteiger charge is -2.11. The third kappa shape index (κ3) is 4.10. The zero-order valence-corrected chi connectivity index (χ0v) is 15.4. The quantitative estimate of drug-likeness (QED) is 0.438. The summed E-state index contributed by atoms with van der Waals surface area (Å²) in [5.41, 5.74) is 3.14. The summed E-state index contributed by atoms with van der Waals surface area (Å²) in [7, 11) is 0. The van der Waals surface area contributed by atoms with Gasteiger partial charge in [0.25, 0.3) is 0 Å². The van der Waals surface area contributed by atoms with Gasteiger partial charge in [-0.3, -0.25) is 0 Å². The topological polar surface area (TPSA) is 59.4 Å². The Balaban J connectivity index is 1.69. The van der Waals surface area contributed by atoms with E-state index < -0.39 is 12.3 Å². The fraction of sp³-hybridized carbons (Fsp3) is 0.0435. The second-order valence-electron chi connectivity index (χ2n) is 6.53. The van der Waals surface area contributed by atoms with Crippen LogP contribution >= 0.6 is 0 Å². The van der Waals surface area contributed by atoms with Gasteiger partial charge in [-0.05, 0) is 35.4 Å². The minimum Gasteiger partial charge on any atom is -0.478 e. The van der Waals surface area contributed by atoms with Crippen molar-refractivity contribution in [2.24, 2.45) is 0 Å². The number of para-hydroxylation sites is 1. The number of hydrogen-bond donors (Lipinski definition) is 1. The number of carboxylic acids is 1. The first-order valence-corrected chi connectivity index (χ1v) is 8.90. The summed E-state index contributed by atoms with van der Waals surface area (Å²) in [5.74, 6) is -1.35. The van der Waals surface area contributed by atoms with Crippen LogP contribution in [0.5, 0.6) is 5.75 Å². The molecule has 0 unspecified atom stereocenters. The zero-order chi connectivity index (χ0) is 21.3. The number of hydrogen-bond acceptors (Lipinski definition) is 3. The average molecular weight is 409 g/mol. The summed E-state index contributed by atoms with van der Waals surface area (Å²) in [6, 6.07) is 21.1. The highest BCUT2D eigenvalue weighted by Gasteiger charge is 2.31. The van der Waals surface area contributed by atoms with Crippen molar-refractivity contribution in [1.82, 2.24) is 4.98 Å². The Morgan fingerprint density at radius 2 is 1.53 bits per heavy atom. The highest BCUT2D eigenvalue weighted by Crippen LogP contribution is 2.30. The number of benzene rings is 3. The van der Waals surface area contributed by atoms with Crippen molar-refractivity contribution in [3.8, 4) is 28.1 Å². The molecule has 0 saturated heterocycles. The van der Waals surface area contributed by atoms with E-state index in [0.29, 0.717) is 33.3 Å². The Labute approximate surface area is 169 Å². The normalized spacial score (nSPS) is 11.4. The molecular formula is C23H14F3NO3. The Morgan fingerprint density at radius 3 is 2.23 bits per heavy atom. The molecule has 4 rings (SSSR count). The monoisotopic (exact) mass is 409 g/mol. The summed E-state index contributed by atoms with van der Waals surface area (Å²) >= 11 is 0. The van der Waals surface area contributed by atoms with Gasteiger partial charge in [0, 0.05) is 10.9 Å². The predicted molar refractivity (Wildman–Crippen MR) is 106 cm³/mol. The molecule has 4 nitrogen and oxygen atoms in total. The molecule has 0 aliphatic carbocycles. The van der Waals surface area contributed by atoms with Gasteiger partial charge >= 0.3 is 12.3 Å². The maximum atomic E-state index is 12.4. The van der Waals surface area contributed by atoms with E-state index in [1.165, 1.54) is 24.3 Å².